The Morgan fingerprint density at radius 1 is 1.38 bits per heavy atom. The van der Waals surface area contributed by atoms with E-state index in [2.05, 4.69) is 30.1 Å². The van der Waals surface area contributed by atoms with Gasteiger partial charge in [-0.1, -0.05) is 25.2 Å². The van der Waals surface area contributed by atoms with Gasteiger partial charge >= 0.3 is 0 Å². The number of pyridine rings is 1. The van der Waals surface area contributed by atoms with Crippen LogP contribution in [0.2, 0.25) is 0 Å². The van der Waals surface area contributed by atoms with E-state index in [0.29, 0.717) is 0 Å². The zero-order valence-electron chi connectivity index (χ0n) is 8.20. The molecule has 0 aliphatic heterocycles. The molecule has 0 saturated heterocycles. The largest absolute Gasteiger partial charge is 0.265 e. The second-order valence-electron chi connectivity index (χ2n) is 2.80. The summed E-state index contributed by atoms with van der Waals surface area (Å²) in [5, 5.41) is 0. The molecule has 0 atom stereocenters. The van der Waals surface area contributed by atoms with E-state index in [4.69, 9.17) is 0 Å². The van der Waals surface area contributed by atoms with Crippen molar-refractivity contribution in [3.8, 4) is 0 Å². The standard InChI is InChI=1S/C12H15N/c1-3-5-11(6-4-2)12-7-9-13-10-8-12/h3,5-10H,4H2,1-2H3/b5-3+,11-6+. The third-order valence-electron chi connectivity index (χ3n) is 1.78. The molecule has 0 saturated carbocycles. The minimum absolute atomic E-state index is 1.06. The molecule has 0 aromatic carbocycles. The van der Waals surface area contributed by atoms with Crippen LogP contribution in [-0.2, 0) is 0 Å². The average molecular weight is 173 g/mol. The third kappa shape index (κ3) is 2.86. The number of nitrogens with zero attached hydrogens (tertiary/aromatic N) is 1. The minimum atomic E-state index is 1.06. The molecule has 0 spiro atoms. The molecule has 0 fully saturated rings. The van der Waals surface area contributed by atoms with Gasteiger partial charge < -0.3 is 0 Å². The van der Waals surface area contributed by atoms with E-state index >= 15 is 0 Å². The lowest BCUT2D eigenvalue weighted by Gasteiger charge is -2.00. The average Bonchev–Trinajstić information content (AvgIpc) is 2.19. The van der Waals surface area contributed by atoms with Crippen molar-refractivity contribution < 1.29 is 0 Å². The first-order valence-electron chi connectivity index (χ1n) is 4.61. The summed E-state index contributed by atoms with van der Waals surface area (Å²) in [6.45, 7) is 4.18. The van der Waals surface area contributed by atoms with Crippen molar-refractivity contribution in [3.63, 3.8) is 0 Å². The topological polar surface area (TPSA) is 12.9 Å². The Morgan fingerprint density at radius 3 is 2.62 bits per heavy atom. The first-order valence-corrected chi connectivity index (χ1v) is 4.61. The molecular formula is C12H15N. The molecule has 1 heterocycles. The van der Waals surface area contributed by atoms with Crippen LogP contribution in [0.5, 0.6) is 0 Å². The molecule has 0 aliphatic carbocycles. The first kappa shape index (κ1) is 9.72. The van der Waals surface area contributed by atoms with Crippen LogP contribution in [0.4, 0.5) is 0 Å². The molecule has 0 unspecified atom stereocenters. The van der Waals surface area contributed by atoms with E-state index in [9.17, 15) is 0 Å². The highest BCUT2D eigenvalue weighted by atomic mass is 14.6. The fraction of sp³-hybridized carbons (Fsp3) is 0.250. The smallest absolute Gasteiger partial charge is 0.0273 e. The van der Waals surface area contributed by atoms with Crippen LogP contribution in [-0.4, -0.2) is 4.98 Å². The molecule has 1 nitrogen and oxygen atoms in total. The highest BCUT2D eigenvalue weighted by molar-refractivity contribution is 5.73. The van der Waals surface area contributed by atoms with Crippen LogP contribution in [0.1, 0.15) is 25.8 Å². The van der Waals surface area contributed by atoms with E-state index in [1.165, 1.54) is 11.1 Å². The lowest BCUT2D eigenvalue weighted by atomic mass is 10.1. The van der Waals surface area contributed by atoms with Gasteiger partial charge in [0.15, 0.2) is 0 Å². The van der Waals surface area contributed by atoms with Crippen LogP contribution < -0.4 is 0 Å². The van der Waals surface area contributed by atoms with Gasteiger partial charge in [-0.25, -0.2) is 0 Å². The monoisotopic (exact) mass is 173 g/mol. The Labute approximate surface area is 79.8 Å². The fourth-order valence-electron chi connectivity index (χ4n) is 1.23. The first-order chi connectivity index (χ1) is 6.38. The lowest BCUT2D eigenvalue weighted by Crippen LogP contribution is -1.81. The van der Waals surface area contributed by atoms with Crippen LogP contribution in [0.25, 0.3) is 5.57 Å². The van der Waals surface area contributed by atoms with E-state index in [-0.39, 0.29) is 0 Å². The highest BCUT2D eigenvalue weighted by Gasteiger charge is 1.94. The van der Waals surface area contributed by atoms with E-state index in [0.717, 1.165) is 6.42 Å². The van der Waals surface area contributed by atoms with Crippen LogP contribution >= 0.6 is 0 Å². The van der Waals surface area contributed by atoms with Crippen molar-refractivity contribution in [2.45, 2.75) is 20.3 Å². The van der Waals surface area contributed by atoms with Gasteiger partial charge in [0.1, 0.15) is 0 Å². The Balaban J connectivity index is 2.96. The van der Waals surface area contributed by atoms with E-state index in [1.54, 1.807) is 0 Å². The zero-order valence-corrected chi connectivity index (χ0v) is 8.20. The number of hydrogen-bond acceptors (Lipinski definition) is 1. The second kappa shape index (κ2) is 5.31. The molecule has 1 aromatic rings. The highest BCUT2D eigenvalue weighted by Crippen LogP contribution is 2.15. The van der Waals surface area contributed by atoms with E-state index in [1.807, 2.05) is 31.5 Å². The predicted octanol–water partition coefficient (Wildman–Crippen LogP) is 3.45. The summed E-state index contributed by atoms with van der Waals surface area (Å²) < 4.78 is 0. The predicted molar refractivity (Wildman–Crippen MR) is 57.3 cm³/mol. The van der Waals surface area contributed by atoms with Crippen molar-refractivity contribution >= 4 is 5.57 Å². The number of allylic oxidation sites excluding steroid dienone is 4. The van der Waals surface area contributed by atoms with Crippen LogP contribution in [0.3, 0.4) is 0 Å². The number of hydrogen-bond donors (Lipinski definition) is 0. The van der Waals surface area contributed by atoms with Crippen molar-refractivity contribution in [2.24, 2.45) is 0 Å². The third-order valence-corrected chi connectivity index (χ3v) is 1.78. The van der Waals surface area contributed by atoms with Crippen molar-refractivity contribution in [2.75, 3.05) is 0 Å². The summed E-state index contributed by atoms with van der Waals surface area (Å²) in [7, 11) is 0. The fourth-order valence-corrected chi connectivity index (χ4v) is 1.23. The molecule has 13 heavy (non-hydrogen) atoms. The minimum Gasteiger partial charge on any atom is -0.265 e. The molecule has 1 rings (SSSR count). The molecule has 0 N–H and O–H groups in total. The van der Waals surface area contributed by atoms with Gasteiger partial charge in [-0.2, -0.15) is 0 Å². The maximum atomic E-state index is 4.00. The summed E-state index contributed by atoms with van der Waals surface area (Å²) in [6.07, 6.45) is 11.1. The summed E-state index contributed by atoms with van der Waals surface area (Å²) in [5.74, 6) is 0. The molecule has 1 aromatic heterocycles. The number of aromatic nitrogens is 1. The SMILES string of the molecule is C/C=C/C(=C\CC)c1ccncc1. The van der Waals surface area contributed by atoms with Gasteiger partial charge in [-0.05, 0) is 36.6 Å². The molecule has 0 bridgehead atoms. The van der Waals surface area contributed by atoms with Gasteiger partial charge in [0.05, 0.1) is 0 Å². The zero-order chi connectivity index (χ0) is 9.52. The maximum absolute atomic E-state index is 4.00. The van der Waals surface area contributed by atoms with Crippen molar-refractivity contribution in [1.82, 2.24) is 4.98 Å². The van der Waals surface area contributed by atoms with Gasteiger partial charge in [0.2, 0.25) is 0 Å². The Bertz CT molecular complexity index is 296. The Kier molecular flexibility index (Phi) is 3.97. The molecule has 68 valence electrons. The van der Waals surface area contributed by atoms with Gasteiger partial charge in [0.25, 0.3) is 0 Å². The quantitative estimate of drug-likeness (QED) is 0.638. The Hall–Kier alpha value is -1.37. The van der Waals surface area contributed by atoms with Crippen LogP contribution in [0.15, 0.2) is 42.8 Å². The van der Waals surface area contributed by atoms with Gasteiger partial charge in [-0.15, -0.1) is 0 Å². The lowest BCUT2D eigenvalue weighted by molar-refractivity contribution is 1.22. The van der Waals surface area contributed by atoms with Crippen LogP contribution in [0, 0.1) is 0 Å². The molecule has 1 heteroatoms. The molecule has 0 amide bonds. The van der Waals surface area contributed by atoms with Crippen molar-refractivity contribution in [3.05, 3.63) is 48.3 Å². The molecular weight excluding hydrogens is 158 g/mol. The normalized spacial score (nSPS) is 12.3. The van der Waals surface area contributed by atoms with Gasteiger partial charge in [0, 0.05) is 12.4 Å². The molecule has 0 aliphatic rings. The summed E-state index contributed by atoms with van der Waals surface area (Å²) in [6, 6.07) is 4.06. The summed E-state index contributed by atoms with van der Waals surface area (Å²) in [5.41, 5.74) is 2.50. The van der Waals surface area contributed by atoms with Gasteiger partial charge in [-0.3, -0.25) is 4.98 Å². The Morgan fingerprint density at radius 2 is 2.08 bits per heavy atom. The van der Waals surface area contributed by atoms with E-state index < -0.39 is 0 Å². The number of rotatable bonds is 3. The van der Waals surface area contributed by atoms with Crippen molar-refractivity contribution in [1.29, 1.82) is 0 Å². The molecule has 0 radical (unpaired) electrons. The summed E-state index contributed by atoms with van der Waals surface area (Å²) >= 11 is 0. The second-order valence-corrected chi connectivity index (χ2v) is 2.80. The maximum Gasteiger partial charge on any atom is 0.0273 e. The summed E-state index contributed by atoms with van der Waals surface area (Å²) in [4.78, 5) is 4.00.